The minimum atomic E-state index is -0.222. The molecule has 0 aliphatic carbocycles. The van der Waals surface area contributed by atoms with Crippen molar-refractivity contribution in [2.45, 2.75) is 65.1 Å². The number of allylic oxidation sites excluding steroid dienone is 2. The van der Waals surface area contributed by atoms with E-state index < -0.39 is 0 Å². The predicted molar refractivity (Wildman–Crippen MR) is 184 cm³/mol. The van der Waals surface area contributed by atoms with Crippen molar-refractivity contribution in [3.63, 3.8) is 0 Å². The van der Waals surface area contributed by atoms with Crippen LogP contribution < -0.4 is 20.5 Å². The lowest BCUT2D eigenvalue weighted by atomic mass is 10.0. The summed E-state index contributed by atoms with van der Waals surface area (Å²) < 4.78 is 11.5. The lowest BCUT2D eigenvalue weighted by molar-refractivity contribution is -0.107. The number of carbonyl (C=O) groups is 1. The minimum absolute atomic E-state index is 0.222. The zero-order valence-electron chi connectivity index (χ0n) is 27.2. The predicted octanol–water partition coefficient (Wildman–Crippen LogP) is 5.43. The standard InChI is InChI=1S/C35H41N9O3/c1-4-47-30-11-12-31-38-33(30)41(23-45)16-7-5-6-8-17-43-34(46)28-22-36-35(39-32(28)44(31)43)37-26-9-10-29-25(21-26)13-20-42(29)27-14-18-40(19-15-27)24(2)3/h6,8-13,20-24,27H,4-5,7,14-19H2,1-3H3,(H,36,37,39)/b8-6-. The first-order valence-electron chi connectivity index (χ1n) is 16.6. The molecule has 12 heteroatoms. The number of nitrogens with one attached hydrogen (secondary N) is 1. The van der Waals surface area contributed by atoms with E-state index in [2.05, 4.69) is 58.0 Å². The number of anilines is 3. The fourth-order valence-electron chi connectivity index (χ4n) is 6.75. The van der Waals surface area contributed by atoms with Crippen molar-refractivity contribution in [1.29, 1.82) is 0 Å². The summed E-state index contributed by atoms with van der Waals surface area (Å²) in [5.74, 6) is 1.72. The van der Waals surface area contributed by atoms with Crippen molar-refractivity contribution < 1.29 is 9.53 Å². The number of hydrogen-bond donors (Lipinski definition) is 1. The summed E-state index contributed by atoms with van der Waals surface area (Å²) >= 11 is 0. The van der Waals surface area contributed by atoms with Crippen LogP contribution in [-0.2, 0) is 11.3 Å². The van der Waals surface area contributed by atoms with E-state index in [1.165, 1.54) is 5.52 Å². The highest BCUT2D eigenvalue weighted by atomic mass is 16.5. The first kappa shape index (κ1) is 30.7. The Morgan fingerprint density at radius 2 is 1.91 bits per heavy atom. The van der Waals surface area contributed by atoms with Gasteiger partial charge in [-0.3, -0.25) is 14.5 Å². The zero-order valence-corrected chi connectivity index (χ0v) is 27.2. The fraction of sp³-hybridized carbons (Fsp3) is 0.400. The second-order valence-corrected chi connectivity index (χ2v) is 12.4. The molecule has 1 fully saturated rings. The molecule has 0 unspecified atom stereocenters. The largest absolute Gasteiger partial charge is 0.490 e. The minimum Gasteiger partial charge on any atom is -0.490 e. The van der Waals surface area contributed by atoms with Gasteiger partial charge in [0, 0.05) is 60.7 Å². The number of hydrogen-bond acceptors (Lipinski definition) is 8. The number of pyridine rings is 1. The van der Waals surface area contributed by atoms with E-state index in [1.54, 1.807) is 32.6 Å². The summed E-state index contributed by atoms with van der Waals surface area (Å²) in [6, 6.07) is 13.1. The van der Waals surface area contributed by atoms with Gasteiger partial charge in [-0.05, 0) is 82.9 Å². The topological polar surface area (TPSA) is 115 Å². The molecule has 1 N–H and O–H groups in total. The van der Waals surface area contributed by atoms with Gasteiger partial charge in [0.2, 0.25) is 12.4 Å². The molecule has 0 spiro atoms. The SMILES string of the molecule is CCOc1ccc2nc1N(C=O)CCC/C=C\Cn1c(=O)c3cnc(Nc4ccc5c(ccn5C5CCN(C(C)C)CC5)c4)nc3n1-2. The lowest BCUT2D eigenvalue weighted by Gasteiger charge is -2.35. The summed E-state index contributed by atoms with van der Waals surface area (Å²) in [4.78, 5) is 44.1. The van der Waals surface area contributed by atoms with Gasteiger partial charge in [0.05, 0.1) is 13.2 Å². The van der Waals surface area contributed by atoms with Crippen molar-refractivity contribution in [3.8, 4) is 11.6 Å². The number of ether oxygens (including phenoxy) is 1. The molecular formula is C35H41N9O3. The van der Waals surface area contributed by atoms with Gasteiger partial charge in [0.15, 0.2) is 23.0 Å². The van der Waals surface area contributed by atoms with Crippen LogP contribution in [0.4, 0.5) is 17.5 Å². The molecule has 1 saturated heterocycles. The molecular weight excluding hydrogens is 594 g/mol. The van der Waals surface area contributed by atoms with Crippen LogP contribution in [0.25, 0.3) is 27.8 Å². The quantitative estimate of drug-likeness (QED) is 0.186. The number of aromatic nitrogens is 6. The van der Waals surface area contributed by atoms with Gasteiger partial charge < -0.3 is 19.5 Å². The van der Waals surface area contributed by atoms with Gasteiger partial charge in [0.1, 0.15) is 5.39 Å². The van der Waals surface area contributed by atoms with E-state index in [0.29, 0.717) is 66.1 Å². The van der Waals surface area contributed by atoms with Crippen molar-refractivity contribution in [3.05, 3.63) is 71.3 Å². The molecule has 2 aliphatic rings. The van der Waals surface area contributed by atoms with Crippen LogP contribution in [0.3, 0.4) is 0 Å². The maximum absolute atomic E-state index is 13.7. The Kier molecular flexibility index (Phi) is 8.50. The smallest absolute Gasteiger partial charge is 0.278 e. The monoisotopic (exact) mass is 635 g/mol. The molecule has 0 saturated carbocycles. The first-order chi connectivity index (χ1) is 22.9. The van der Waals surface area contributed by atoms with E-state index in [9.17, 15) is 9.59 Å². The molecule has 2 aliphatic heterocycles. The molecule has 7 rings (SSSR count). The third kappa shape index (κ3) is 5.89. The Bertz CT molecular complexity index is 2000. The van der Waals surface area contributed by atoms with E-state index in [0.717, 1.165) is 56.3 Å². The first-order valence-corrected chi connectivity index (χ1v) is 16.6. The number of carbonyl (C=O) groups excluding carboxylic acids is 1. The Hall–Kier alpha value is -4.97. The van der Waals surface area contributed by atoms with Crippen LogP contribution in [0, 0.1) is 0 Å². The van der Waals surface area contributed by atoms with Crippen LogP contribution >= 0.6 is 0 Å². The van der Waals surface area contributed by atoms with Crippen LogP contribution in [0.5, 0.6) is 5.75 Å². The number of fused-ring (bicyclic) bond motifs is 7. The maximum atomic E-state index is 13.7. The molecule has 1 amide bonds. The third-order valence-corrected chi connectivity index (χ3v) is 9.23. The Morgan fingerprint density at radius 1 is 1.06 bits per heavy atom. The Balaban J connectivity index is 1.24. The highest BCUT2D eigenvalue weighted by molar-refractivity contribution is 5.85. The summed E-state index contributed by atoms with van der Waals surface area (Å²) in [6.45, 7) is 9.92. The van der Waals surface area contributed by atoms with Gasteiger partial charge in [0.25, 0.3) is 5.56 Å². The molecule has 12 nitrogen and oxygen atoms in total. The number of likely N-dealkylation sites (tertiary alicyclic amines) is 1. The maximum Gasteiger partial charge on any atom is 0.278 e. The number of nitrogens with zero attached hydrogens (tertiary/aromatic N) is 8. The van der Waals surface area contributed by atoms with Crippen LogP contribution in [0.15, 0.2) is 65.7 Å². The molecule has 2 bridgehead atoms. The molecule has 1 aromatic carbocycles. The second kappa shape index (κ2) is 13.0. The van der Waals surface area contributed by atoms with E-state index in [1.807, 2.05) is 25.1 Å². The van der Waals surface area contributed by atoms with E-state index in [-0.39, 0.29) is 5.56 Å². The van der Waals surface area contributed by atoms with Crippen molar-refractivity contribution in [1.82, 2.24) is 33.8 Å². The molecule has 6 heterocycles. The number of benzene rings is 1. The molecule has 244 valence electrons. The van der Waals surface area contributed by atoms with Crippen LogP contribution in [-0.4, -0.2) is 72.5 Å². The van der Waals surface area contributed by atoms with Crippen molar-refractivity contribution in [2.75, 3.05) is 36.5 Å². The lowest BCUT2D eigenvalue weighted by Crippen LogP contribution is -2.38. The number of rotatable bonds is 7. The highest BCUT2D eigenvalue weighted by Gasteiger charge is 2.24. The van der Waals surface area contributed by atoms with Gasteiger partial charge in [-0.1, -0.05) is 12.2 Å². The molecule has 0 atom stereocenters. The highest BCUT2D eigenvalue weighted by Crippen LogP contribution is 2.31. The van der Waals surface area contributed by atoms with Gasteiger partial charge in [-0.25, -0.2) is 19.3 Å². The zero-order chi connectivity index (χ0) is 32.5. The van der Waals surface area contributed by atoms with Gasteiger partial charge in [-0.15, -0.1) is 0 Å². The normalized spacial score (nSPS) is 17.0. The third-order valence-electron chi connectivity index (χ3n) is 9.23. The van der Waals surface area contributed by atoms with Crippen molar-refractivity contribution >= 4 is 45.8 Å². The average Bonchev–Trinajstić information content (AvgIpc) is 3.62. The molecule has 4 aromatic heterocycles. The van der Waals surface area contributed by atoms with Crippen molar-refractivity contribution in [2.24, 2.45) is 0 Å². The Labute approximate surface area is 273 Å². The second-order valence-electron chi connectivity index (χ2n) is 12.4. The van der Waals surface area contributed by atoms with E-state index >= 15 is 0 Å². The Morgan fingerprint density at radius 3 is 2.70 bits per heavy atom. The molecule has 5 aromatic rings. The van der Waals surface area contributed by atoms with Gasteiger partial charge in [-0.2, -0.15) is 4.98 Å². The number of amides is 1. The summed E-state index contributed by atoms with van der Waals surface area (Å²) in [5.41, 5.74) is 2.26. The molecule has 47 heavy (non-hydrogen) atoms. The van der Waals surface area contributed by atoms with Gasteiger partial charge >= 0.3 is 0 Å². The van der Waals surface area contributed by atoms with E-state index in [4.69, 9.17) is 14.7 Å². The summed E-state index contributed by atoms with van der Waals surface area (Å²) in [5, 5.41) is 4.87. The summed E-state index contributed by atoms with van der Waals surface area (Å²) in [6.07, 6.45) is 12.3. The van der Waals surface area contributed by atoms with Crippen LogP contribution in [0.2, 0.25) is 0 Å². The summed E-state index contributed by atoms with van der Waals surface area (Å²) in [7, 11) is 0. The average molecular weight is 636 g/mol. The fourth-order valence-corrected chi connectivity index (χ4v) is 6.75. The number of piperidine rings is 1. The molecule has 0 radical (unpaired) electrons. The van der Waals surface area contributed by atoms with Crippen LogP contribution in [0.1, 0.15) is 52.5 Å².